The number of halogens is 3. The summed E-state index contributed by atoms with van der Waals surface area (Å²) >= 11 is 0. The van der Waals surface area contributed by atoms with Crippen LogP contribution in [0.25, 0.3) is 0 Å². The number of β-amino-alcohol motifs (C(OH)–C–C–N with tert-alkyl or cyclic N) is 1. The zero-order chi connectivity index (χ0) is 10.3. The molecular formula is C6H8F3NO3. The molecule has 3 N–H and O–H groups in total. The van der Waals surface area contributed by atoms with Crippen molar-refractivity contribution in [3.63, 3.8) is 0 Å². The molecule has 7 heteroatoms. The molecule has 1 aliphatic rings. The first kappa shape index (κ1) is 10.3. The molecule has 0 aliphatic carbocycles. The number of aliphatic hydroxyl groups is 1. The Labute approximate surface area is 71.4 Å². The van der Waals surface area contributed by atoms with Crippen LogP contribution in [0.2, 0.25) is 0 Å². The van der Waals surface area contributed by atoms with Gasteiger partial charge in [0.2, 0.25) is 0 Å². The molecule has 0 bridgehead atoms. The van der Waals surface area contributed by atoms with Crippen molar-refractivity contribution in [1.29, 1.82) is 0 Å². The third-order valence-electron chi connectivity index (χ3n) is 2.01. The zero-order valence-electron chi connectivity index (χ0n) is 6.43. The lowest BCUT2D eigenvalue weighted by molar-refractivity contribution is -0.252. The Balaban J connectivity index is 2.72. The topological polar surface area (TPSA) is 69.6 Å². The van der Waals surface area contributed by atoms with Gasteiger partial charge in [-0.1, -0.05) is 0 Å². The summed E-state index contributed by atoms with van der Waals surface area (Å²) in [6.45, 7) is -0.770. The lowest BCUT2D eigenvalue weighted by Gasteiger charge is -2.24. The predicted molar refractivity (Wildman–Crippen MR) is 35.0 cm³/mol. The summed E-state index contributed by atoms with van der Waals surface area (Å²) in [7, 11) is 0. The largest absolute Gasteiger partial charge is 0.480 e. The van der Waals surface area contributed by atoms with Crippen molar-refractivity contribution in [2.45, 2.75) is 24.2 Å². The molecule has 1 fully saturated rings. The van der Waals surface area contributed by atoms with E-state index in [9.17, 15) is 18.0 Å². The Morgan fingerprint density at radius 2 is 2.08 bits per heavy atom. The van der Waals surface area contributed by atoms with Crippen LogP contribution in [0.15, 0.2) is 0 Å². The van der Waals surface area contributed by atoms with Crippen LogP contribution in [-0.2, 0) is 4.79 Å². The van der Waals surface area contributed by atoms with Crippen molar-refractivity contribution in [1.82, 2.24) is 5.32 Å². The van der Waals surface area contributed by atoms with Gasteiger partial charge in [0.25, 0.3) is 0 Å². The average molecular weight is 199 g/mol. The molecule has 1 aliphatic heterocycles. The molecule has 1 saturated heterocycles. The van der Waals surface area contributed by atoms with E-state index in [4.69, 9.17) is 10.2 Å². The van der Waals surface area contributed by atoms with Gasteiger partial charge in [-0.15, -0.1) is 0 Å². The normalized spacial score (nSPS) is 34.9. The number of alkyl halides is 3. The second-order valence-electron chi connectivity index (χ2n) is 3.01. The molecular weight excluding hydrogens is 191 g/mol. The standard InChI is InChI=1S/C6H8F3NO3/c7-6(8,9)5(13)1-3(4(11)12)10-2-5/h3,10,13H,1-2H2,(H,11,12)/t3-,5?/m0/s1. The van der Waals surface area contributed by atoms with E-state index in [-0.39, 0.29) is 0 Å². The van der Waals surface area contributed by atoms with Gasteiger partial charge in [-0.25, -0.2) is 0 Å². The summed E-state index contributed by atoms with van der Waals surface area (Å²) in [5.41, 5.74) is -2.91. The van der Waals surface area contributed by atoms with Crippen LogP contribution < -0.4 is 5.32 Å². The molecule has 0 aromatic carbocycles. The number of carbonyl (C=O) groups is 1. The molecule has 0 aromatic rings. The first-order valence-corrected chi connectivity index (χ1v) is 3.51. The summed E-state index contributed by atoms with van der Waals surface area (Å²) in [5, 5.41) is 19.5. The summed E-state index contributed by atoms with van der Waals surface area (Å²) in [6, 6.07) is -1.33. The first-order chi connectivity index (χ1) is 5.76. The number of hydrogen-bond donors (Lipinski definition) is 3. The maximum atomic E-state index is 12.1. The van der Waals surface area contributed by atoms with Crippen LogP contribution >= 0.6 is 0 Å². The molecule has 13 heavy (non-hydrogen) atoms. The van der Waals surface area contributed by atoms with Crippen molar-refractivity contribution in [2.24, 2.45) is 0 Å². The fourth-order valence-corrected chi connectivity index (χ4v) is 1.16. The maximum absolute atomic E-state index is 12.1. The third kappa shape index (κ3) is 1.75. The summed E-state index contributed by atoms with van der Waals surface area (Å²) in [4.78, 5) is 10.3. The summed E-state index contributed by atoms with van der Waals surface area (Å²) < 4.78 is 36.3. The van der Waals surface area contributed by atoms with Crippen molar-refractivity contribution >= 4 is 5.97 Å². The summed E-state index contributed by atoms with van der Waals surface area (Å²) in [5.74, 6) is -1.39. The number of carboxylic acid groups (broad SMARTS) is 1. The predicted octanol–water partition coefficient (Wildman–Crippen LogP) is -0.274. The van der Waals surface area contributed by atoms with E-state index in [0.717, 1.165) is 0 Å². The highest BCUT2D eigenvalue weighted by atomic mass is 19.4. The van der Waals surface area contributed by atoms with E-state index < -0.39 is 36.8 Å². The Morgan fingerprint density at radius 1 is 1.54 bits per heavy atom. The van der Waals surface area contributed by atoms with Gasteiger partial charge in [0.15, 0.2) is 5.60 Å². The zero-order valence-corrected chi connectivity index (χ0v) is 6.43. The molecule has 1 unspecified atom stereocenters. The quantitative estimate of drug-likeness (QED) is 0.543. The minimum Gasteiger partial charge on any atom is -0.480 e. The van der Waals surface area contributed by atoms with E-state index in [0.29, 0.717) is 0 Å². The van der Waals surface area contributed by atoms with Crippen LogP contribution in [0.3, 0.4) is 0 Å². The fourth-order valence-electron chi connectivity index (χ4n) is 1.16. The van der Waals surface area contributed by atoms with Crippen LogP contribution in [0.1, 0.15) is 6.42 Å². The molecule has 0 amide bonds. The van der Waals surface area contributed by atoms with Crippen molar-refractivity contribution in [2.75, 3.05) is 6.54 Å². The molecule has 0 aromatic heterocycles. The fraction of sp³-hybridized carbons (Fsp3) is 0.833. The monoisotopic (exact) mass is 199 g/mol. The molecule has 76 valence electrons. The Bertz CT molecular complexity index is 230. The van der Waals surface area contributed by atoms with Crippen LogP contribution in [0, 0.1) is 0 Å². The van der Waals surface area contributed by atoms with Gasteiger partial charge in [-0.3, -0.25) is 4.79 Å². The number of aliphatic carboxylic acids is 1. The molecule has 1 heterocycles. The van der Waals surface area contributed by atoms with Gasteiger partial charge in [0.1, 0.15) is 6.04 Å². The van der Waals surface area contributed by atoms with Crippen molar-refractivity contribution in [3.05, 3.63) is 0 Å². The highest BCUT2D eigenvalue weighted by Crippen LogP contribution is 2.36. The molecule has 0 saturated carbocycles. The minimum absolute atomic E-state index is 0.770. The van der Waals surface area contributed by atoms with Gasteiger partial charge in [-0.05, 0) is 0 Å². The number of hydrogen-bond acceptors (Lipinski definition) is 3. The second-order valence-corrected chi connectivity index (χ2v) is 3.01. The minimum atomic E-state index is -4.79. The Kier molecular flexibility index (Phi) is 2.25. The highest BCUT2D eigenvalue weighted by molar-refractivity contribution is 5.74. The first-order valence-electron chi connectivity index (χ1n) is 3.51. The lowest BCUT2D eigenvalue weighted by atomic mass is 10.00. The SMILES string of the molecule is O=C(O)[C@@H]1CC(O)(C(F)(F)F)CN1. The molecule has 0 spiro atoms. The third-order valence-corrected chi connectivity index (χ3v) is 2.01. The van der Waals surface area contributed by atoms with Gasteiger partial charge in [-0.2, -0.15) is 13.2 Å². The number of rotatable bonds is 1. The number of carboxylic acids is 1. The molecule has 4 nitrogen and oxygen atoms in total. The smallest absolute Gasteiger partial charge is 0.418 e. The van der Waals surface area contributed by atoms with Crippen LogP contribution in [-0.4, -0.2) is 40.5 Å². The summed E-state index contributed by atoms with van der Waals surface area (Å²) in [6.07, 6.45) is -5.63. The van der Waals surface area contributed by atoms with Crippen LogP contribution in [0.4, 0.5) is 13.2 Å². The lowest BCUT2D eigenvalue weighted by Crippen LogP contribution is -2.46. The average Bonchev–Trinajstić information content (AvgIpc) is 2.31. The Hall–Kier alpha value is -0.820. The maximum Gasteiger partial charge on any atom is 0.418 e. The van der Waals surface area contributed by atoms with Gasteiger partial charge < -0.3 is 15.5 Å². The van der Waals surface area contributed by atoms with E-state index in [1.807, 2.05) is 0 Å². The second kappa shape index (κ2) is 2.85. The van der Waals surface area contributed by atoms with E-state index in [1.165, 1.54) is 0 Å². The number of nitrogens with one attached hydrogen (secondary N) is 1. The van der Waals surface area contributed by atoms with Gasteiger partial charge >= 0.3 is 12.1 Å². The van der Waals surface area contributed by atoms with E-state index in [2.05, 4.69) is 5.32 Å². The van der Waals surface area contributed by atoms with Crippen molar-refractivity contribution in [3.8, 4) is 0 Å². The van der Waals surface area contributed by atoms with E-state index in [1.54, 1.807) is 0 Å². The van der Waals surface area contributed by atoms with E-state index >= 15 is 0 Å². The molecule has 1 rings (SSSR count). The van der Waals surface area contributed by atoms with Gasteiger partial charge in [0.05, 0.1) is 0 Å². The van der Waals surface area contributed by atoms with Crippen LogP contribution in [0.5, 0.6) is 0 Å². The Morgan fingerprint density at radius 3 is 2.31 bits per heavy atom. The highest BCUT2D eigenvalue weighted by Gasteiger charge is 2.58. The van der Waals surface area contributed by atoms with Gasteiger partial charge in [0, 0.05) is 13.0 Å². The molecule has 0 radical (unpaired) electrons. The van der Waals surface area contributed by atoms with Crippen molar-refractivity contribution < 1.29 is 28.2 Å². The molecule has 2 atom stereocenters.